The number of nitrogens with zero attached hydrogens (tertiary/aromatic N) is 1. The predicted molar refractivity (Wildman–Crippen MR) is 216 cm³/mol. The molecule has 0 aromatic heterocycles. The molecular formula is C42H90NO6Si+. The van der Waals surface area contributed by atoms with Gasteiger partial charge in [-0.25, -0.2) is 0 Å². The Balaban J connectivity index is 6.30. The van der Waals surface area contributed by atoms with Crippen LogP contribution < -0.4 is 0 Å². The van der Waals surface area contributed by atoms with Gasteiger partial charge in [-0.05, 0) is 109 Å². The summed E-state index contributed by atoms with van der Waals surface area (Å²) in [6.07, 6.45) is 21.9. The molecule has 302 valence electrons. The standard InChI is InChI=1S/C42H90NO6Si/c1-16-18-20-22-24-26-28-30-33-43(15,34-31-29-27-25-23-21-19-17-2)35-32-36-50(47-40(9,10)37(3,4)44,48-41(11,12)38(5,6)45)49-42(13,14)39(7,8)46/h44-46H,16-36H2,1-15H3/q+1. The Kier molecular flexibility index (Phi) is 21.7. The van der Waals surface area contributed by atoms with Gasteiger partial charge in [0.2, 0.25) is 0 Å². The van der Waals surface area contributed by atoms with E-state index in [0.717, 1.165) is 30.5 Å². The number of rotatable bonds is 31. The fourth-order valence-corrected chi connectivity index (χ4v) is 10.1. The van der Waals surface area contributed by atoms with Gasteiger partial charge in [-0.1, -0.05) is 90.9 Å². The van der Waals surface area contributed by atoms with Crippen LogP contribution in [-0.2, 0) is 13.3 Å². The van der Waals surface area contributed by atoms with Gasteiger partial charge in [0.05, 0.1) is 60.3 Å². The normalized spacial score (nSPS) is 14.5. The van der Waals surface area contributed by atoms with Crippen LogP contribution in [0.4, 0.5) is 0 Å². The van der Waals surface area contributed by atoms with Crippen molar-refractivity contribution in [2.24, 2.45) is 0 Å². The van der Waals surface area contributed by atoms with E-state index in [9.17, 15) is 15.3 Å². The van der Waals surface area contributed by atoms with Gasteiger partial charge < -0.3 is 33.1 Å². The summed E-state index contributed by atoms with van der Waals surface area (Å²) in [4.78, 5) is 0. The molecule has 0 aliphatic heterocycles. The second-order valence-electron chi connectivity index (χ2n) is 19.0. The van der Waals surface area contributed by atoms with Crippen LogP contribution in [0.5, 0.6) is 0 Å². The van der Waals surface area contributed by atoms with Crippen molar-refractivity contribution < 1.29 is 33.1 Å². The quantitative estimate of drug-likeness (QED) is 0.0374. The first-order chi connectivity index (χ1) is 22.7. The van der Waals surface area contributed by atoms with E-state index >= 15 is 0 Å². The zero-order valence-corrected chi connectivity index (χ0v) is 37.4. The summed E-state index contributed by atoms with van der Waals surface area (Å²) in [6.45, 7) is 29.6. The number of quaternary nitrogens is 1. The van der Waals surface area contributed by atoms with Gasteiger partial charge in [0.1, 0.15) is 0 Å². The first-order valence-corrected chi connectivity index (χ1v) is 22.7. The van der Waals surface area contributed by atoms with Gasteiger partial charge in [0, 0.05) is 12.5 Å². The highest BCUT2D eigenvalue weighted by Crippen LogP contribution is 2.41. The zero-order chi connectivity index (χ0) is 39.0. The van der Waals surface area contributed by atoms with E-state index in [0.29, 0.717) is 6.04 Å². The van der Waals surface area contributed by atoms with Gasteiger partial charge in [-0.15, -0.1) is 0 Å². The number of hydrogen-bond acceptors (Lipinski definition) is 6. The van der Waals surface area contributed by atoms with E-state index in [4.69, 9.17) is 13.3 Å². The molecule has 0 rings (SSSR count). The minimum Gasteiger partial charge on any atom is -0.388 e. The lowest BCUT2D eigenvalue weighted by Crippen LogP contribution is -2.67. The SMILES string of the molecule is CCCCCCCCCC[N+](C)(CCCCCCCCCC)CCC[Si](OC(C)(C)C(C)(C)O)(OC(C)(C)C(C)(C)O)OC(C)(C)C(C)(C)O. The van der Waals surface area contributed by atoms with Gasteiger partial charge >= 0.3 is 8.80 Å². The molecule has 0 fully saturated rings. The fourth-order valence-electron chi connectivity index (χ4n) is 6.02. The lowest BCUT2D eigenvalue weighted by molar-refractivity contribution is -0.910. The van der Waals surface area contributed by atoms with Crippen LogP contribution >= 0.6 is 0 Å². The van der Waals surface area contributed by atoms with E-state index in [1.807, 2.05) is 41.5 Å². The lowest BCUT2D eigenvalue weighted by atomic mass is 9.90. The van der Waals surface area contributed by atoms with Gasteiger partial charge in [-0.3, -0.25) is 0 Å². The second-order valence-corrected chi connectivity index (χ2v) is 21.5. The van der Waals surface area contributed by atoms with Crippen molar-refractivity contribution in [3.63, 3.8) is 0 Å². The fraction of sp³-hybridized carbons (Fsp3) is 1.00. The Morgan fingerprint density at radius 2 is 0.640 bits per heavy atom. The molecule has 0 saturated heterocycles. The van der Waals surface area contributed by atoms with E-state index in [1.54, 1.807) is 41.5 Å². The monoisotopic (exact) mass is 733 g/mol. The average Bonchev–Trinajstić information content (AvgIpc) is 2.93. The molecule has 0 atom stereocenters. The number of unbranched alkanes of at least 4 members (excludes halogenated alkanes) is 14. The second kappa shape index (κ2) is 21.7. The summed E-state index contributed by atoms with van der Waals surface area (Å²) in [6, 6.07) is 0.508. The van der Waals surface area contributed by atoms with Crippen molar-refractivity contribution >= 4 is 8.80 Å². The van der Waals surface area contributed by atoms with Crippen molar-refractivity contribution in [3.8, 4) is 0 Å². The van der Waals surface area contributed by atoms with E-state index in [1.165, 1.54) is 103 Å². The minimum absolute atomic E-state index is 0.508. The Morgan fingerprint density at radius 3 is 0.900 bits per heavy atom. The van der Waals surface area contributed by atoms with Crippen molar-refractivity contribution in [3.05, 3.63) is 0 Å². The summed E-state index contributed by atoms with van der Waals surface area (Å²) in [7, 11) is -1.31. The molecule has 50 heavy (non-hydrogen) atoms. The zero-order valence-electron chi connectivity index (χ0n) is 36.4. The van der Waals surface area contributed by atoms with Gasteiger partial charge in [0.15, 0.2) is 0 Å². The van der Waals surface area contributed by atoms with Crippen molar-refractivity contribution in [1.82, 2.24) is 0 Å². The van der Waals surface area contributed by atoms with E-state index in [2.05, 4.69) is 20.9 Å². The largest absolute Gasteiger partial charge is 0.502 e. The Morgan fingerprint density at radius 1 is 0.400 bits per heavy atom. The maximum Gasteiger partial charge on any atom is 0.502 e. The Hall–Kier alpha value is -0.0631. The third kappa shape index (κ3) is 18.8. The molecular weight excluding hydrogens is 643 g/mol. The average molecular weight is 733 g/mol. The highest BCUT2D eigenvalue weighted by molar-refractivity contribution is 6.61. The summed E-state index contributed by atoms with van der Waals surface area (Å²) >= 11 is 0. The van der Waals surface area contributed by atoms with Gasteiger partial charge in [-0.2, -0.15) is 0 Å². The summed E-state index contributed by atoms with van der Waals surface area (Å²) in [5, 5.41) is 33.8. The lowest BCUT2D eigenvalue weighted by Gasteiger charge is -2.52. The molecule has 8 heteroatoms. The molecule has 0 aromatic carbocycles. The van der Waals surface area contributed by atoms with Gasteiger partial charge in [0.25, 0.3) is 0 Å². The van der Waals surface area contributed by atoms with Crippen molar-refractivity contribution in [1.29, 1.82) is 0 Å². The van der Waals surface area contributed by atoms with Crippen LogP contribution in [0.15, 0.2) is 0 Å². The predicted octanol–water partition coefficient (Wildman–Crippen LogP) is 10.7. The molecule has 0 aromatic rings. The molecule has 3 N–H and O–H groups in total. The maximum absolute atomic E-state index is 11.3. The summed E-state index contributed by atoms with van der Waals surface area (Å²) in [5.74, 6) is 0. The van der Waals surface area contributed by atoms with Crippen LogP contribution in [0.2, 0.25) is 6.04 Å². The maximum atomic E-state index is 11.3. The highest BCUT2D eigenvalue weighted by atomic mass is 28.4. The molecule has 7 nitrogen and oxygen atoms in total. The molecule has 0 heterocycles. The van der Waals surface area contributed by atoms with Crippen LogP contribution in [0.25, 0.3) is 0 Å². The third-order valence-corrected chi connectivity index (χ3v) is 15.4. The van der Waals surface area contributed by atoms with Crippen LogP contribution in [0.3, 0.4) is 0 Å². The first kappa shape index (κ1) is 49.9. The first-order valence-electron chi connectivity index (χ1n) is 20.8. The molecule has 0 unspecified atom stereocenters. The number of hydrogen-bond donors (Lipinski definition) is 3. The smallest absolute Gasteiger partial charge is 0.388 e. The minimum atomic E-state index is -3.74. The van der Waals surface area contributed by atoms with E-state index in [-0.39, 0.29) is 0 Å². The molecule has 0 radical (unpaired) electrons. The van der Waals surface area contributed by atoms with Crippen LogP contribution in [-0.4, -0.2) is 88.9 Å². The van der Waals surface area contributed by atoms with Crippen LogP contribution in [0, 0.1) is 0 Å². The summed E-state index contributed by atoms with van der Waals surface area (Å²) < 4.78 is 22.0. The van der Waals surface area contributed by atoms with Crippen molar-refractivity contribution in [2.45, 2.75) is 246 Å². The van der Waals surface area contributed by atoms with Crippen molar-refractivity contribution in [2.75, 3.05) is 26.7 Å². The third-order valence-electron chi connectivity index (χ3n) is 11.9. The molecule has 0 amide bonds. The molecule has 0 aliphatic rings. The molecule has 0 aliphatic carbocycles. The number of aliphatic hydroxyl groups is 3. The highest BCUT2D eigenvalue weighted by Gasteiger charge is 2.58. The molecule has 0 saturated carbocycles. The Bertz CT molecular complexity index is 795. The topological polar surface area (TPSA) is 88.4 Å². The Labute approximate surface area is 313 Å². The molecule has 0 bridgehead atoms. The summed E-state index contributed by atoms with van der Waals surface area (Å²) in [5.41, 5.74) is -6.70. The van der Waals surface area contributed by atoms with Crippen LogP contribution in [0.1, 0.15) is 206 Å². The van der Waals surface area contributed by atoms with E-state index < -0.39 is 42.4 Å². The molecule has 0 spiro atoms.